The molecule has 0 aliphatic carbocycles. The number of hydrogen-bond acceptors (Lipinski definition) is 4. The van der Waals surface area contributed by atoms with Gasteiger partial charge in [-0.05, 0) is 43.9 Å². The summed E-state index contributed by atoms with van der Waals surface area (Å²) in [6.07, 6.45) is 4.45. The monoisotopic (exact) mass is 372 g/mol. The molecule has 27 heavy (non-hydrogen) atoms. The lowest BCUT2D eigenvalue weighted by Gasteiger charge is -2.21. The molecule has 2 N–H and O–H groups in total. The topological polar surface area (TPSA) is 76.4 Å². The van der Waals surface area contributed by atoms with Gasteiger partial charge in [0.15, 0.2) is 5.96 Å². The Morgan fingerprint density at radius 3 is 2.56 bits per heavy atom. The molecule has 148 valence electrons. The summed E-state index contributed by atoms with van der Waals surface area (Å²) >= 11 is 0. The number of hydrogen-bond donors (Lipinski definition) is 2. The predicted octanol–water partition coefficient (Wildman–Crippen LogP) is 2.77. The molecule has 1 aromatic carbocycles. The molecule has 0 radical (unpaired) electrons. The summed E-state index contributed by atoms with van der Waals surface area (Å²) in [6, 6.07) is 8.17. The van der Waals surface area contributed by atoms with E-state index >= 15 is 0 Å². The molecule has 0 aliphatic heterocycles. The van der Waals surface area contributed by atoms with Gasteiger partial charge in [0, 0.05) is 19.7 Å². The molecule has 2 aromatic rings. The van der Waals surface area contributed by atoms with Crippen molar-refractivity contribution in [1.29, 1.82) is 0 Å². The molecule has 0 aliphatic rings. The molecule has 7 heteroatoms. The number of benzene rings is 1. The van der Waals surface area contributed by atoms with Gasteiger partial charge in [0.05, 0.1) is 18.3 Å². The van der Waals surface area contributed by atoms with Crippen LogP contribution in [0.15, 0.2) is 41.9 Å². The van der Waals surface area contributed by atoms with Crippen LogP contribution >= 0.6 is 0 Å². The van der Waals surface area contributed by atoms with Gasteiger partial charge in [0.1, 0.15) is 12.7 Å². The van der Waals surface area contributed by atoms with Gasteiger partial charge in [0.2, 0.25) is 0 Å². The lowest BCUT2D eigenvalue weighted by atomic mass is 10.0. The Balaban J connectivity index is 1.88. The van der Waals surface area contributed by atoms with Crippen LogP contribution in [-0.4, -0.2) is 46.5 Å². The molecular formula is C20H32N6O. The smallest absolute Gasteiger partial charge is 0.191 e. The molecule has 0 spiro atoms. The molecule has 0 amide bonds. The van der Waals surface area contributed by atoms with Crippen LogP contribution in [0.25, 0.3) is 5.69 Å². The normalized spacial score (nSPS) is 13.0. The molecule has 0 fully saturated rings. The number of rotatable bonds is 10. The van der Waals surface area contributed by atoms with E-state index in [1.807, 2.05) is 19.1 Å². The third-order valence-corrected chi connectivity index (χ3v) is 4.23. The van der Waals surface area contributed by atoms with Gasteiger partial charge in [-0.1, -0.05) is 26.0 Å². The van der Waals surface area contributed by atoms with Crippen molar-refractivity contribution in [1.82, 2.24) is 25.4 Å². The highest BCUT2D eigenvalue weighted by molar-refractivity contribution is 5.79. The Bertz CT molecular complexity index is 666. The zero-order chi connectivity index (χ0) is 19.5. The molecule has 1 aromatic heterocycles. The lowest BCUT2D eigenvalue weighted by Crippen LogP contribution is -2.39. The fraction of sp³-hybridized carbons (Fsp3) is 0.550. The van der Waals surface area contributed by atoms with Crippen molar-refractivity contribution in [3.8, 4) is 5.69 Å². The van der Waals surface area contributed by atoms with Gasteiger partial charge >= 0.3 is 0 Å². The van der Waals surface area contributed by atoms with E-state index in [0.29, 0.717) is 12.5 Å². The van der Waals surface area contributed by atoms with Crippen LogP contribution < -0.4 is 10.6 Å². The third kappa shape index (κ3) is 7.02. The van der Waals surface area contributed by atoms with E-state index in [1.165, 1.54) is 6.33 Å². The SMILES string of the molecule is CCNC(=NCc1ccc(-n2cncn2)cc1)NCCC(OCC)C(C)C. The summed E-state index contributed by atoms with van der Waals surface area (Å²) in [5, 5.41) is 10.8. The number of aliphatic imine (C=N–C) groups is 1. The van der Waals surface area contributed by atoms with E-state index in [0.717, 1.165) is 43.3 Å². The molecule has 7 nitrogen and oxygen atoms in total. The maximum absolute atomic E-state index is 5.80. The summed E-state index contributed by atoms with van der Waals surface area (Å²) in [5.41, 5.74) is 2.13. The van der Waals surface area contributed by atoms with Gasteiger partial charge in [-0.15, -0.1) is 0 Å². The Morgan fingerprint density at radius 2 is 1.96 bits per heavy atom. The van der Waals surface area contributed by atoms with Crippen molar-refractivity contribution in [3.63, 3.8) is 0 Å². The number of guanidine groups is 1. The number of nitrogens with one attached hydrogen (secondary N) is 2. The van der Waals surface area contributed by atoms with Gasteiger partial charge in [-0.2, -0.15) is 5.10 Å². The Morgan fingerprint density at radius 1 is 1.19 bits per heavy atom. The zero-order valence-electron chi connectivity index (χ0n) is 16.9. The highest BCUT2D eigenvalue weighted by Crippen LogP contribution is 2.10. The summed E-state index contributed by atoms with van der Waals surface area (Å²) in [5.74, 6) is 1.34. The van der Waals surface area contributed by atoms with Crippen LogP contribution in [0, 0.1) is 5.92 Å². The summed E-state index contributed by atoms with van der Waals surface area (Å²) in [4.78, 5) is 8.65. The van der Waals surface area contributed by atoms with Gasteiger partial charge in [-0.25, -0.2) is 14.7 Å². The third-order valence-electron chi connectivity index (χ3n) is 4.23. The molecular weight excluding hydrogens is 340 g/mol. The maximum Gasteiger partial charge on any atom is 0.191 e. The molecule has 0 bridgehead atoms. The first kappa shape index (κ1) is 20.9. The van der Waals surface area contributed by atoms with Crippen LogP contribution in [0.2, 0.25) is 0 Å². The Kier molecular flexibility index (Phi) is 8.77. The average Bonchev–Trinajstić information content (AvgIpc) is 3.20. The van der Waals surface area contributed by atoms with E-state index in [1.54, 1.807) is 11.0 Å². The van der Waals surface area contributed by atoms with Gasteiger partial charge in [-0.3, -0.25) is 0 Å². The minimum Gasteiger partial charge on any atom is -0.378 e. The Hall–Kier alpha value is -2.41. The second-order valence-corrected chi connectivity index (χ2v) is 6.65. The van der Waals surface area contributed by atoms with Gasteiger partial charge in [0.25, 0.3) is 0 Å². The van der Waals surface area contributed by atoms with Crippen molar-refractivity contribution in [3.05, 3.63) is 42.5 Å². The average molecular weight is 373 g/mol. The first-order valence-electron chi connectivity index (χ1n) is 9.71. The van der Waals surface area contributed by atoms with Gasteiger partial charge < -0.3 is 15.4 Å². The highest BCUT2D eigenvalue weighted by atomic mass is 16.5. The quantitative estimate of drug-likeness (QED) is 0.495. The fourth-order valence-corrected chi connectivity index (χ4v) is 2.76. The van der Waals surface area contributed by atoms with E-state index < -0.39 is 0 Å². The van der Waals surface area contributed by atoms with Crippen LogP contribution in [0.4, 0.5) is 0 Å². The number of ether oxygens (including phenoxy) is 1. The van der Waals surface area contributed by atoms with Crippen molar-refractivity contribution < 1.29 is 4.74 Å². The van der Waals surface area contributed by atoms with Crippen LogP contribution in [0.5, 0.6) is 0 Å². The van der Waals surface area contributed by atoms with Crippen molar-refractivity contribution in [2.75, 3.05) is 19.7 Å². The second-order valence-electron chi connectivity index (χ2n) is 6.65. The molecule has 2 rings (SSSR count). The minimum atomic E-state index is 0.273. The molecule has 0 saturated heterocycles. The first-order valence-corrected chi connectivity index (χ1v) is 9.71. The highest BCUT2D eigenvalue weighted by Gasteiger charge is 2.12. The van der Waals surface area contributed by atoms with Crippen LogP contribution in [0.3, 0.4) is 0 Å². The molecule has 0 saturated carbocycles. The second kappa shape index (κ2) is 11.3. The summed E-state index contributed by atoms with van der Waals surface area (Å²) in [7, 11) is 0. The standard InChI is InChI=1S/C20H32N6O/c1-5-22-20(23-12-11-19(16(3)4)27-6-2)24-13-17-7-9-18(10-8-17)26-15-21-14-25-26/h7-10,14-16,19H,5-6,11-13H2,1-4H3,(H2,22,23,24). The van der Waals surface area contributed by atoms with E-state index in [-0.39, 0.29) is 6.10 Å². The van der Waals surface area contributed by atoms with Crippen LogP contribution in [-0.2, 0) is 11.3 Å². The van der Waals surface area contributed by atoms with E-state index in [2.05, 4.69) is 58.6 Å². The molecule has 1 heterocycles. The number of nitrogens with zero attached hydrogens (tertiary/aromatic N) is 4. The Labute approximate surface area is 162 Å². The van der Waals surface area contributed by atoms with E-state index in [9.17, 15) is 0 Å². The largest absolute Gasteiger partial charge is 0.378 e. The maximum atomic E-state index is 5.80. The van der Waals surface area contributed by atoms with Crippen molar-refractivity contribution in [2.24, 2.45) is 10.9 Å². The first-order chi connectivity index (χ1) is 13.1. The fourth-order valence-electron chi connectivity index (χ4n) is 2.76. The zero-order valence-corrected chi connectivity index (χ0v) is 16.9. The lowest BCUT2D eigenvalue weighted by molar-refractivity contribution is 0.0258. The molecule has 1 unspecified atom stereocenters. The van der Waals surface area contributed by atoms with E-state index in [4.69, 9.17) is 4.74 Å². The van der Waals surface area contributed by atoms with Crippen LogP contribution in [0.1, 0.15) is 39.7 Å². The predicted molar refractivity (Wildman–Crippen MR) is 109 cm³/mol. The van der Waals surface area contributed by atoms with Crippen molar-refractivity contribution in [2.45, 2.75) is 46.8 Å². The van der Waals surface area contributed by atoms with Crippen molar-refractivity contribution >= 4 is 5.96 Å². The summed E-state index contributed by atoms with van der Waals surface area (Å²) in [6.45, 7) is 11.5. The molecule has 1 atom stereocenters. The number of aromatic nitrogens is 3. The summed E-state index contributed by atoms with van der Waals surface area (Å²) < 4.78 is 7.54. The minimum absolute atomic E-state index is 0.273.